The zero-order valence-corrected chi connectivity index (χ0v) is 18.9. The van der Waals surface area contributed by atoms with E-state index in [4.69, 9.17) is 9.47 Å². The number of carboxylic acid groups (broad SMARTS) is 1. The second-order valence-electron chi connectivity index (χ2n) is 7.51. The van der Waals surface area contributed by atoms with Crippen molar-refractivity contribution in [2.75, 3.05) is 20.3 Å². The smallest absolute Gasteiger partial charge is 0.323 e. The average Bonchev–Trinajstić information content (AvgIpc) is 2.84. The van der Waals surface area contributed by atoms with E-state index in [0.29, 0.717) is 30.1 Å². The number of rotatable bonds is 11. The van der Waals surface area contributed by atoms with Gasteiger partial charge in [-0.05, 0) is 47.9 Å². The van der Waals surface area contributed by atoms with Crippen LogP contribution in [0, 0.1) is 0 Å². The maximum atomic E-state index is 13.0. The van der Waals surface area contributed by atoms with Gasteiger partial charge in [-0.25, -0.2) is 0 Å². The van der Waals surface area contributed by atoms with Gasteiger partial charge in [-0.1, -0.05) is 37.3 Å². The summed E-state index contributed by atoms with van der Waals surface area (Å²) < 4.78 is 11.1. The topological polar surface area (TPSA) is 89.0 Å². The SMILES string of the molecule is CCc1ccc(CCOc2ccc(CN(CC(=O)O)C(=O)c3ccccc3OC)cc2)nc1. The van der Waals surface area contributed by atoms with Crippen molar-refractivity contribution in [2.45, 2.75) is 26.3 Å². The molecule has 0 unspecified atom stereocenters. The second kappa shape index (κ2) is 11.7. The highest BCUT2D eigenvalue weighted by Crippen LogP contribution is 2.21. The number of hydrogen-bond donors (Lipinski definition) is 1. The molecule has 0 fully saturated rings. The Morgan fingerprint density at radius 2 is 1.73 bits per heavy atom. The van der Waals surface area contributed by atoms with E-state index in [9.17, 15) is 14.7 Å². The molecule has 1 amide bonds. The molecule has 0 aliphatic carbocycles. The van der Waals surface area contributed by atoms with E-state index in [0.717, 1.165) is 17.7 Å². The van der Waals surface area contributed by atoms with Crippen LogP contribution in [-0.2, 0) is 24.2 Å². The first-order valence-electron chi connectivity index (χ1n) is 10.8. The number of aliphatic carboxylic acids is 1. The first-order valence-corrected chi connectivity index (χ1v) is 10.8. The number of nitrogens with zero attached hydrogens (tertiary/aromatic N) is 2. The molecular weight excluding hydrogens is 420 g/mol. The Kier molecular flexibility index (Phi) is 8.41. The number of carboxylic acids is 1. The molecule has 1 N–H and O–H groups in total. The summed E-state index contributed by atoms with van der Waals surface area (Å²) in [5, 5.41) is 9.30. The number of carbonyl (C=O) groups excluding carboxylic acids is 1. The van der Waals surface area contributed by atoms with Crippen LogP contribution in [0.2, 0.25) is 0 Å². The minimum atomic E-state index is -1.08. The monoisotopic (exact) mass is 448 g/mol. The highest BCUT2D eigenvalue weighted by molar-refractivity contribution is 5.98. The molecule has 3 aromatic rings. The Bertz CT molecular complexity index is 1060. The number of ether oxygens (including phenoxy) is 2. The zero-order chi connectivity index (χ0) is 23.6. The van der Waals surface area contributed by atoms with Gasteiger partial charge in [-0.2, -0.15) is 0 Å². The standard InChI is InChI=1S/C26H28N2O5/c1-3-19-8-11-21(27-16-19)14-15-33-22-12-9-20(10-13-22)17-28(18-25(29)30)26(31)23-6-4-5-7-24(23)32-2/h4-13,16H,3,14-15,17-18H2,1-2H3,(H,29,30). The van der Waals surface area contributed by atoms with Crippen molar-refractivity contribution in [2.24, 2.45) is 0 Å². The summed E-state index contributed by atoms with van der Waals surface area (Å²) in [5.41, 5.74) is 3.30. The summed E-state index contributed by atoms with van der Waals surface area (Å²) >= 11 is 0. The van der Waals surface area contributed by atoms with Gasteiger partial charge in [0.15, 0.2) is 0 Å². The molecule has 0 radical (unpaired) electrons. The Labute approximate surface area is 193 Å². The van der Waals surface area contributed by atoms with Crippen molar-refractivity contribution in [1.29, 1.82) is 0 Å². The van der Waals surface area contributed by atoms with E-state index in [1.807, 2.05) is 36.5 Å². The summed E-state index contributed by atoms with van der Waals surface area (Å²) in [7, 11) is 1.47. The number of hydrogen-bond acceptors (Lipinski definition) is 5. The molecule has 7 nitrogen and oxygen atoms in total. The lowest BCUT2D eigenvalue weighted by Crippen LogP contribution is -2.35. The van der Waals surface area contributed by atoms with Crippen LogP contribution in [0.1, 0.15) is 34.1 Å². The zero-order valence-electron chi connectivity index (χ0n) is 18.9. The number of para-hydroxylation sites is 1. The average molecular weight is 449 g/mol. The van der Waals surface area contributed by atoms with Gasteiger partial charge in [-0.15, -0.1) is 0 Å². The molecule has 0 saturated heterocycles. The number of aryl methyl sites for hydroxylation is 1. The van der Waals surface area contributed by atoms with E-state index in [-0.39, 0.29) is 6.54 Å². The lowest BCUT2D eigenvalue weighted by Gasteiger charge is -2.22. The first kappa shape index (κ1) is 23.8. The van der Waals surface area contributed by atoms with E-state index in [1.165, 1.54) is 17.6 Å². The van der Waals surface area contributed by atoms with Crippen LogP contribution in [0.4, 0.5) is 0 Å². The Hall–Kier alpha value is -3.87. The number of methoxy groups -OCH3 is 1. The predicted octanol–water partition coefficient (Wildman–Crippen LogP) is 4.00. The van der Waals surface area contributed by atoms with Gasteiger partial charge in [0.1, 0.15) is 18.0 Å². The first-order chi connectivity index (χ1) is 16.0. The van der Waals surface area contributed by atoms with Crippen LogP contribution in [0.5, 0.6) is 11.5 Å². The van der Waals surface area contributed by atoms with Crippen LogP contribution >= 0.6 is 0 Å². The maximum Gasteiger partial charge on any atom is 0.323 e. The number of benzene rings is 2. The molecule has 1 aromatic heterocycles. The summed E-state index contributed by atoms with van der Waals surface area (Å²) in [5.74, 6) is -0.388. The van der Waals surface area contributed by atoms with Crippen LogP contribution < -0.4 is 9.47 Å². The fraction of sp³-hybridized carbons (Fsp3) is 0.269. The van der Waals surface area contributed by atoms with Crippen LogP contribution in [-0.4, -0.2) is 47.1 Å². The third kappa shape index (κ3) is 6.80. The number of carbonyl (C=O) groups is 2. The normalized spacial score (nSPS) is 10.5. The fourth-order valence-corrected chi connectivity index (χ4v) is 3.35. The van der Waals surface area contributed by atoms with Gasteiger partial charge in [0, 0.05) is 24.9 Å². The maximum absolute atomic E-state index is 13.0. The largest absolute Gasteiger partial charge is 0.496 e. The van der Waals surface area contributed by atoms with Crippen molar-refractivity contribution < 1.29 is 24.2 Å². The van der Waals surface area contributed by atoms with E-state index in [2.05, 4.69) is 18.0 Å². The summed E-state index contributed by atoms with van der Waals surface area (Å²) in [6, 6.07) is 18.1. The molecule has 0 aliphatic rings. The van der Waals surface area contributed by atoms with E-state index in [1.54, 1.807) is 24.3 Å². The molecule has 0 saturated carbocycles. The summed E-state index contributed by atoms with van der Waals surface area (Å²) in [4.78, 5) is 30.1. The molecule has 0 aliphatic heterocycles. The number of pyridine rings is 1. The molecule has 172 valence electrons. The van der Waals surface area contributed by atoms with Crippen molar-refractivity contribution in [3.8, 4) is 11.5 Å². The minimum Gasteiger partial charge on any atom is -0.496 e. The molecule has 0 spiro atoms. The van der Waals surface area contributed by atoms with Gasteiger partial charge in [-0.3, -0.25) is 14.6 Å². The molecule has 0 atom stereocenters. The van der Waals surface area contributed by atoms with E-state index < -0.39 is 18.4 Å². The van der Waals surface area contributed by atoms with Crippen LogP contribution in [0.15, 0.2) is 66.9 Å². The lowest BCUT2D eigenvalue weighted by atomic mass is 10.1. The highest BCUT2D eigenvalue weighted by atomic mass is 16.5. The molecule has 1 heterocycles. The third-order valence-electron chi connectivity index (χ3n) is 5.17. The van der Waals surface area contributed by atoms with Gasteiger partial charge in [0.25, 0.3) is 5.91 Å². The molecule has 33 heavy (non-hydrogen) atoms. The number of amides is 1. The summed E-state index contributed by atoms with van der Waals surface area (Å²) in [6.07, 6.45) is 3.55. The highest BCUT2D eigenvalue weighted by Gasteiger charge is 2.21. The quantitative estimate of drug-likeness (QED) is 0.477. The van der Waals surface area contributed by atoms with Crippen molar-refractivity contribution in [1.82, 2.24) is 9.88 Å². The molecule has 2 aromatic carbocycles. The molecule has 7 heteroatoms. The summed E-state index contributed by atoms with van der Waals surface area (Å²) in [6.45, 7) is 2.32. The molecule has 3 rings (SSSR count). The second-order valence-corrected chi connectivity index (χ2v) is 7.51. The predicted molar refractivity (Wildman–Crippen MR) is 125 cm³/mol. The van der Waals surface area contributed by atoms with Gasteiger partial charge in [0.05, 0.1) is 19.3 Å². The van der Waals surface area contributed by atoms with Crippen molar-refractivity contribution in [3.63, 3.8) is 0 Å². The Morgan fingerprint density at radius 3 is 2.36 bits per heavy atom. The van der Waals surface area contributed by atoms with Crippen molar-refractivity contribution in [3.05, 3.63) is 89.2 Å². The fourth-order valence-electron chi connectivity index (χ4n) is 3.35. The van der Waals surface area contributed by atoms with E-state index >= 15 is 0 Å². The Balaban J connectivity index is 1.61. The van der Waals surface area contributed by atoms with Crippen LogP contribution in [0.3, 0.4) is 0 Å². The molecule has 0 bridgehead atoms. The Morgan fingerprint density at radius 1 is 1.00 bits per heavy atom. The van der Waals surface area contributed by atoms with Gasteiger partial charge in [0.2, 0.25) is 0 Å². The minimum absolute atomic E-state index is 0.150. The van der Waals surface area contributed by atoms with Gasteiger partial charge >= 0.3 is 5.97 Å². The molecular formula is C26H28N2O5. The van der Waals surface area contributed by atoms with Gasteiger partial charge < -0.3 is 19.5 Å². The number of aromatic nitrogens is 1. The van der Waals surface area contributed by atoms with Crippen LogP contribution in [0.25, 0.3) is 0 Å². The van der Waals surface area contributed by atoms with Crippen molar-refractivity contribution >= 4 is 11.9 Å². The lowest BCUT2D eigenvalue weighted by molar-refractivity contribution is -0.137. The third-order valence-corrected chi connectivity index (χ3v) is 5.17.